The van der Waals surface area contributed by atoms with Gasteiger partial charge in [-0.3, -0.25) is 0 Å². The Morgan fingerprint density at radius 3 is 2.50 bits per heavy atom. The fourth-order valence-electron chi connectivity index (χ4n) is 1.49. The predicted molar refractivity (Wildman–Crippen MR) is 71.7 cm³/mol. The fourth-order valence-corrected chi connectivity index (χ4v) is 1.49. The molecule has 5 heteroatoms. The van der Waals surface area contributed by atoms with E-state index in [0.717, 1.165) is 5.56 Å². The minimum Gasteiger partial charge on any atom is -0.507 e. The summed E-state index contributed by atoms with van der Waals surface area (Å²) >= 11 is 0. The average molecular weight is 249 g/mol. The standard InChI is InChI=1S/C13H19N3O2/c1-8(15-16-12(14)18)10-7-9(13(2,3)4)5-6-11(10)17/h5-7,17H,1-4H3,(H3,14,16,18). The number of carbonyl (C=O) groups is 1. The number of hydrazone groups is 1. The highest BCUT2D eigenvalue weighted by atomic mass is 16.3. The smallest absolute Gasteiger partial charge is 0.332 e. The number of aromatic hydroxyl groups is 1. The summed E-state index contributed by atoms with van der Waals surface area (Å²) in [6, 6.07) is 4.62. The lowest BCUT2D eigenvalue weighted by atomic mass is 9.85. The van der Waals surface area contributed by atoms with Crippen molar-refractivity contribution in [3.63, 3.8) is 0 Å². The number of nitrogens with two attached hydrogens (primary N) is 1. The van der Waals surface area contributed by atoms with Crippen LogP contribution in [0.1, 0.15) is 38.8 Å². The third-order valence-electron chi connectivity index (χ3n) is 2.59. The van der Waals surface area contributed by atoms with E-state index in [9.17, 15) is 9.90 Å². The lowest BCUT2D eigenvalue weighted by molar-refractivity contribution is 0.249. The van der Waals surface area contributed by atoms with Gasteiger partial charge in [0.1, 0.15) is 5.75 Å². The highest BCUT2D eigenvalue weighted by molar-refractivity contribution is 6.01. The van der Waals surface area contributed by atoms with Crippen molar-refractivity contribution < 1.29 is 9.90 Å². The van der Waals surface area contributed by atoms with Crippen LogP contribution in [0.15, 0.2) is 23.3 Å². The molecule has 1 rings (SSSR count). The number of hydrogen-bond acceptors (Lipinski definition) is 3. The Balaban J connectivity index is 3.15. The number of amides is 2. The number of hydrogen-bond donors (Lipinski definition) is 3. The molecule has 0 unspecified atom stereocenters. The predicted octanol–water partition coefficient (Wildman–Crippen LogP) is 2.08. The third kappa shape index (κ3) is 3.48. The zero-order chi connectivity index (χ0) is 13.9. The monoisotopic (exact) mass is 249 g/mol. The molecule has 98 valence electrons. The van der Waals surface area contributed by atoms with E-state index in [1.54, 1.807) is 13.0 Å². The number of nitrogens with one attached hydrogen (secondary N) is 1. The van der Waals surface area contributed by atoms with Crippen molar-refractivity contribution in [2.24, 2.45) is 10.8 Å². The molecule has 0 fully saturated rings. The fraction of sp³-hybridized carbons (Fsp3) is 0.385. The maximum absolute atomic E-state index is 10.6. The molecule has 0 heterocycles. The molecule has 0 bridgehead atoms. The molecule has 0 aromatic heterocycles. The van der Waals surface area contributed by atoms with Crippen molar-refractivity contribution in [2.45, 2.75) is 33.1 Å². The first-order valence-electron chi connectivity index (χ1n) is 5.65. The normalized spacial score (nSPS) is 12.3. The van der Waals surface area contributed by atoms with E-state index in [0.29, 0.717) is 11.3 Å². The number of nitrogens with zero attached hydrogens (tertiary/aromatic N) is 1. The van der Waals surface area contributed by atoms with E-state index in [1.807, 2.05) is 12.1 Å². The molecular formula is C13H19N3O2. The van der Waals surface area contributed by atoms with Gasteiger partial charge in [-0.2, -0.15) is 5.10 Å². The van der Waals surface area contributed by atoms with Gasteiger partial charge >= 0.3 is 6.03 Å². The van der Waals surface area contributed by atoms with Gasteiger partial charge in [-0.15, -0.1) is 0 Å². The highest BCUT2D eigenvalue weighted by Crippen LogP contribution is 2.27. The van der Waals surface area contributed by atoms with Crippen LogP contribution < -0.4 is 11.2 Å². The van der Waals surface area contributed by atoms with Crippen LogP contribution in [0, 0.1) is 0 Å². The molecule has 1 aromatic carbocycles. The number of benzene rings is 1. The first kappa shape index (κ1) is 14.0. The van der Waals surface area contributed by atoms with Crippen LogP contribution in [-0.4, -0.2) is 16.8 Å². The van der Waals surface area contributed by atoms with E-state index < -0.39 is 6.03 Å². The summed E-state index contributed by atoms with van der Waals surface area (Å²) in [6.07, 6.45) is 0. The summed E-state index contributed by atoms with van der Waals surface area (Å²) in [5, 5.41) is 13.6. The quantitative estimate of drug-likeness (QED) is 0.553. The topological polar surface area (TPSA) is 87.7 Å². The number of urea groups is 1. The van der Waals surface area contributed by atoms with Crippen LogP contribution in [0.2, 0.25) is 0 Å². The molecule has 18 heavy (non-hydrogen) atoms. The Bertz CT molecular complexity index is 487. The SMILES string of the molecule is CC(=NNC(N)=O)c1cc(C(C)(C)C)ccc1O. The van der Waals surface area contributed by atoms with E-state index in [-0.39, 0.29) is 11.2 Å². The summed E-state index contributed by atoms with van der Waals surface area (Å²) in [4.78, 5) is 10.6. The van der Waals surface area contributed by atoms with Gasteiger partial charge in [0.2, 0.25) is 0 Å². The van der Waals surface area contributed by atoms with Gasteiger partial charge < -0.3 is 10.8 Å². The van der Waals surface area contributed by atoms with Crippen LogP contribution >= 0.6 is 0 Å². The minimum absolute atomic E-state index is 0.0279. The zero-order valence-electron chi connectivity index (χ0n) is 11.1. The molecular weight excluding hydrogens is 230 g/mol. The van der Waals surface area contributed by atoms with Crippen LogP contribution in [0.4, 0.5) is 4.79 Å². The molecule has 0 atom stereocenters. The van der Waals surface area contributed by atoms with Gasteiger partial charge in [0.05, 0.1) is 5.71 Å². The van der Waals surface area contributed by atoms with Crippen molar-refractivity contribution in [3.05, 3.63) is 29.3 Å². The Kier molecular flexibility index (Phi) is 3.96. The van der Waals surface area contributed by atoms with Gasteiger partial charge in [0.15, 0.2) is 0 Å². The summed E-state index contributed by atoms with van der Waals surface area (Å²) in [5.74, 6) is 0.121. The Morgan fingerprint density at radius 2 is 2.00 bits per heavy atom. The van der Waals surface area contributed by atoms with Gasteiger partial charge in [0.25, 0.3) is 0 Å². The summed E-state index contributed by atoms with van der Waals surface area (Å²) < 4.78 is 0. The summed E-state index contributed by atoms with van der Waals surface area (Å²) in [7, 11) is 0. The van der Waals surface area contributed by atoms with Crippen molar-refractivity contribution in [3.8, 4) is 5.75 Å². The van der Waals surface area contributed by atoms with Crippen molar-refractivity contribution in [1.29, 1.82) is 0 Å². The lowest BCUT2D eigenvalue weighted by Crippen LogP contribution is -2.25. The Hall–Kier alpha value is -2.04. The molecule has 0 spiro atoms. The molecule has 2 amide bonds. The van der Waals surface area contributed by atoms with Crippen molar-refractivity contribution >= 4 is 11.7 Å². The Labute approximate surface area is 107 Å². The highest BCUT2D eigenvalue weighted by Gasteiger charge is 2.16. The van der Waals surface area contributed by atoms with Gasteiger partial charge in [0, 0.05) is 5.56 Å². The van der Waals surface area contributed by atoms with E-state index in [2.05, 4.69) is 31.3 Å². The number of rotatable bonds is 2. The largest absolute Gasteiger partial charge is 0.507 e. The van der Waals surface area contributed by atoms with Crippen LogP contribution in [0.3, 0.4) is 0 Å². The molecule has 0 radical (unpaired) electrons. The number of phenols is 1. The molecule has 0 saturated carbocycles. The van der Waals surface area contributed by atoms with Gasteiger partial charge in [-0.25, -0.2) is 10.2 Å². The second kappa shape index (κ2) is 5.08. The van der Waals surface area contributed by atoms with Crippen molar-refractivity contribution in [2.75, 3.05) is 0 Å². The Morgan fingerprint density at radius 1 is 1.39 bits per heavy atom. The number of phenolic OH excluding ortho intramolecular Hbond substituents is 1. The maximum Gasteiger partial charge on any atom is 0.332 e. The maximum atomic E-state index is 10.6. The lowest BCUT2D eigenvalue weighted by Gasteiger charge is -2.20. The molecule has 0 aliphatic rings. The molecule has 5 nitrogen and oxygen atoms in total. The first-order chi connectivity index (χ1) is 8.21. The molecule has 4 N–H and O–H groups in total. The van der Waals surface area contributed by atoms with E-state index in [1.165, 1.54) is 0 Å². The second-order valence-corrected chi connectivity index (χ2v) is 5.16. The van der Waals surface area contributed by atoms with Gasteiger partial charge in [-0.05, 0) is 30.0 Å². The number of carbonyl (C=O) groups excluding carboxylic acids is 1. The molecule has 0 aliphatic carbocycles. The average Bonchev–Trinajstić information content (AvgIpc) is 2.24. The van der Waals surface area contributed by atoms with E-state index in [4.69, 9.17) is 5.73 Å². The minimum atomic E-state index is -0.735. The van der Waals surface area contributed by atoms with Crippen molar-refractivity contribution in [1.82, 2.24) is 5.43 Å². The first-order valence-corrected chi connectivity index (χ1v) is 5.65. The zero-order valence-corrected chi connectivity index (χ0v) is 11.1. The third-order valence-corrected chi connectivity index (χ3v) is 2.59. The molecule has 0 aliphatic heterocycles. The number of primary amides is 1. The molecule has 1 aromatic rings. The summed E-state index contributed by atoms with van der Waals surface area (Å²) in [6.45, 7) is 7.93. The van der Waals surface area contributed by atoms with Crippen LogP contribution in [0.5, 0.6) is 5.75 Å². The molecule has 0 saturated heterocycles. The van der Waals surface area contributed by atoms with Gasteiger partial charge in [-0.1, -0.05) is 26.8 Å². The van der Waals surface area contributed by atoms with E-state index >= 15 is 0 Å². The summed E-state index contributed by atoms with van der Waals surface area (Å²) in [5.41, 5.74) is 9.20. The second-order valence-electron chi connectivity index (χ2n) is 5.16. The van der Waals surface area contributed by atoms with Crippen LogP contribution in [-0.2, 0) is 5.41 Å². The van der Waals surface area contributed by atoms with Crippen LogP contribution in [0.25, 0.3) is 0 Å².